The minimum atomic E-state index is -0.273. The molecule has 0 aromatic rings. The van der Waals surface area contributed by atoms with Crippen molar-refractivity contribution in [2.24, 2.45) is 0 Å². The molecule has 7 nitrogen and oxygen atoms in total. The largest absolute Gasteiger partial charge is 1.00 e. The van der Waals surface area contributed by atoms with Gasteiger partial charge in [0.05, 0.1) is 13.1 Å². The zero-order chi connectivity index (χ0) is 16.3. The van der Waals surface area contributed by atoms with Crippen molar-refractivity contribution in [2.45, 2.75) is 26.2 Å². The van der Waals surface area contributed by atoms with E-state index in [1.807, 2.05) is 0 Å². The molecule has 0 saturated heterocycles. The molecule has 0 saturated carbocycles. The van der Waals surface area contributed by atoms with Crippen LogP contribution in [0, 0.1) is 0 Å². The van der Waals surface area contributed by atoms with E-state index < -0.39 is 0 Å². The van der Waals surface area contributed by atoms with Crippen LogP contribution in [0.1, 0.15) is 26.2 Å². The summed E-state index contributed by atoms with van der Waals surface area (Å²) in [5, 5.41) is 6.50. The van der Waals surface area contributed by atoms with Crippen LogP contribution in [0.15, 0.2) is 0 Å². The fraction of sp³-hybridized carbons (Fsp3) is 0.786. The molecular formula is C14H27N4O3Rb. The Hall–Kier alpha value is 0.175. The number of nitrogens with zero attached hydrogens (tertiary/aromatic N) is 3. The van der Waals surface area contributed by atoms with Gasteiger partial charge in [0.1, 0.15) is 0 Å². The van der Waals surface area contributed by atoms with E-state index in [1.165, 1.54) is 9.80 Å². The number of hydrogen-bond acceptors (Lipinski definition) is 3. The monoisotopic (exact) mass is 384 g/mol. The molecule has 3 amide bonds. The topological polar surface area (TPSA) is 83.8 Å². The first-order valence-electron chi connectivity index (χ1n) is 7.22. The zero-order valence-corrected chi connectivity index (χ0v) is 19.4. The Morgan fingerprint density at radius 1 is 1.00 bits per heavy atom. The Labute approximate surface area is 182 Å². The summed E-state index contributed by atoms with van der Waals surface area (Å²) in [6.45, 7) is 2.74. The number of nitrogens with one attached hydrogen (secondary N) is 1. The van der Waals surface area contributed by atoms with E-state index in [-0.39, 0.29) is 95.5 Å². The van der Waals surface area contributed by atoms with Gasteiger partial charge in [-0.25, -0.2) is 0 Å². The Kier molecular flexibility index (Phi) is 16.4. The van der Waals surface area contributed by atoms with Gasteiger partial charge < -0.3 is 20.4 Å². The minimum Gasteiger partial charge on any atom is -0.657 e. The Bertz CT molecular complexity index is 353. The van der Waals surface area contributed by atoms with Gasteiger partial charge in [0, 0.05) is 20.6 Å². The molecule has 0 heterocycles. The van der Waals surface area contributed by atoms with Crippen molar-refractivity contribution in [3.63, 3.8) is 0 Å². The van der Waals surface area contributed by atoms with Gasteiger partial charge in [0.25, 0.3) is 0 Å². The molecule has 0 aliphatic carbocycles. The Morgan fingerprint density at radius 2 is 1.59 bits per heavy atom. The molecule has 22 heavy (non-hydrogen) atoms. The SMILES string of the molecule is CCCCCNC(=O)CN(C)C(=O)CN(C)C(=O)C[N-]C.[Rb+]. The van der Waals surface area contributed by atoms with E-state index in [2.05, 4.69) is 17.6 Å². The van der Waals surface area contributed by atoms with Crippen molar-refractivity contribution in [1.29, 1.82) is 0 Å². The molecule has 0 aromatic heterocycles. The molecule has 0 rings (SSSR count). The second-order valence-electron chi connectivity index (χ2n) is 5.03. The van der Waals surface area contributed by atoms with E-state index in [0.717, 1.165) is 19.3 Å². The summed E-state index contributed by atoms with van der Waals surface area (Å²) in [4.78, 5) is 37.7. The zero-order valence-electron chi connectivity index (χ0n) is 14.5. The van der Waals surface area contributed by atoms with Crippen molar-refractivity contribution in [3.05, 3.63) is 5.32 Å². The summed E-state index contributed by atoms with van der Waals surface area (Å²) < 4.78 is 0. The van der Waals surface area contributed by atoms with E-state index >= 15 is 0 Å². The third kappa shape index (κ3) is 11.7. The van der Waals surface area contributed by atoms with Crippen LogP contribution in [-0.4, -0.2) is 74.8 Å². The van der Waals surface area contributed by atoms with Crippen molar-refractivity contribution in [2.75, 3.05) is 47.3 Å². The third-order valence-electron chi connectivity index (χ3n) is 3.00. The Morgan fingerprint density at radius 3 is 2.14 bits per heavy atom. The standard InChI is InChI=1S/C14H27N4O3.Rb/c1-5-6-7-8-16-12(19)10-17(3)14(21)11-18(4)13(20)9-15-2;/h5-11H2,1-4H3,(H,16,19);/q-1;+1. The van der Waals surface area contributed by atoms with Gasteiger partial charge in [-0.1, -0.05) is 26.3 Å². The van der Waals surface area contributed by atoms with E-state index in [1.54, 1.807) is 21.1 Å². The predicted molar refractivity (Wildman–Crippen MR) is 82.0 cm³/mol. The second-order valence-corrected chi connectivity index (χ2v) is 5.03. The smallest absolute Gasteiger partial charge is 0.657 e. The normalized spacial score (nSPS) is 9.64. The van der Waals surface area contributed by atoms with Crippen LogP contribution in [0.25, 0.3) is 5.32 Å². The van der Waals surface area contributed by atoms with Crippen molar-refractivity contribution in [3.8, 4) is 0 Å². The molecule has 0 aromatic carbocycles. The van der Waals surface area contributed by atoms with E-state index in [4.69, 9.17) is 0 Å². The molecule has 1 N–H and O–H groups in total. The van der Waals surface area contributed by atoms with Crippen LogP contribution in [0.2, 0.25) is 0 Å². The minimum absolute atomic E-state index is 0. The fourth-order valence-electron chi connectivity index (χ4n) is 1.63. The molecule has 0 atom stereocenters. The maximum absolute atomic E-state index is 11.9. The number of unbranched alkanes of at least 4 members (excludes halogenated alkanes) is 2. The Balaban J connectivity index is 0. The van der Waals surface area contributed by atoms with Crippen LogP contribution >= 0.6 is 0 Å². The third-order valence-corrected chi connectivity index (χ3v) is 3.00. The second kappa shape index (κ2) is 14.7. The van der Waals surface area contributed by atoms with Crippen molar-refractivity contribution >= 4 is 17.7 Å². The molecule has 8 heteroatoms. The molecule has 0 unspecified atom stereocenters. The first kappa shape index (κ1) is 24.4. The number of carbonyl (C=O) groups is 3. The van der Waals surface area contributed by atoms with Gasteiger partial charge in [-0.15, -0.1) is 0 Å². The van der Waals surface area contributed by atoms with Crippen molar-refractivity contribution in [1.82, 2.24) is 15.1 Å². The van der Waals surface area contributed by atoms with Gasteiger partial charge in [0.2, 0.25) is 17.7 Å². The summed E-state index contributed by atoms with van der Waals surface area (Å²) in [5.41, 5.74) is 0. The summed E-state index contributed by atoms with van der Waals surface area (Å²) in [5.74, 6) is -0.673. The number of amides is 3. The number of carbonyl (C=O) groups excluding carboxylic acids is 3. The molecule has 0 fully saturated rings. The summed E-state index contributed by atoms with van der Waals surface area (Å²) >= 11 is 0. The van der Waals surface area contributed by atoms with Gasteiger partial charge in [-0.3, -0.25) is 14.4 Å². The van der Waals surface area contributed by atoms with Gasteiger partial charge >= 0.3 is 58.2 Å². The van der Waals surface area contributed by atoms with Crippen LogP contribution < -0.4 is 63.5 Å². The quantitative estimate of drug-likeness (QED) is 0.413. The summed E-state index contributed by atoms with van der Waals surface area (Å²) in [6.07, 6.45) is 3.11. The van der Waals surface area contributed by atoms with E-state index in [9.17, 15) is 14.4 Å². The maximum Gasteiger partial charge on any atom is 1.00 e. The molecule has 0 spiro atoms. The molecule has 0 bridgehead atoms. The number of rotatable bonds is 10. The average Bonchev–Trinajstić information content (AvgIpc) is 2.43. The van der Waals surface area contributed by atoms with Crippen LogP contribution in [0.5, 0.6) is 0 Å². The molecular weight excluding hydrogens is 358 g/mol. The predicted octanol–water partition coefficient (Wildman–Crippen LogP) is -2.78. The molecule has 0 radical (unpaired) electrons. The number of hydrogen-bond donors (Lipinski definition) is 1. The van der Waals surface area contributed by atoms with Crippen LogP contribution in [0.3, 0.4) is 0 Å². The first-order chi connectivity index (χ1) is 9.92. The van der Waals surface area contributed by atoms with Gasteiger partial charge in [-0.05, 0) is 6.42 Å². The summed E-state index contributed by atoms with van der Waals surface area (Å²) in [7, 11) is 4.64. The maximum atomic E-state index is 11.9. The molecule has 122 valence electrons. The van der Waals surface area contributed by atoms with Crippen molar-refractivity contribution < 1.29 is 72.6 Å². The van der Waals surface area contributed by atoms with E-state index in [0.29, 0.717) is 6.54 Å². The van der Waals surface area contributed by atoms with Crippen LogP contribution in [-0.2, 0) is 14.4 Å². The molecule has 0 aliphatic rings. The molecule has 0 aliphatic heterocycles. The van der Waals surface area contributed by atoms with Crippen LogP contribution in [0.4, 0.5) is 0 Å². The van der Waals surface area contributed by atoms with Gasteiger partial charge in [0.15, 0.2) is 0 Å². The summed E-state index contributed by atoms with van der Waals surface area (Å²) in [6, 6.07) is 0. The first-order valence-corrected chi connectivity index (χ1v) is 7.22. The average molecular weight is 385 g/mol. The van der Waals surface area contributed by atoms with Gasteiger partial charge in [-0.2, -0.15) is 7.05 Å². The fourth-order valence-corrected chi connectivity index (χ4v) is 1.63. The number of likely N-dealkylation sites (N-methyl/N-ethyl adjacent to an activating group) is 3.